The van der Waals surface area contributed by atoms with Gasteiger partial charge in [-0.2, -0.15) is 0 Å². The van der Waals surface area contributed by atoms with E-state index in [-0.39, 0.29) is 18.1 Å². The highest BCUT2D eigenvalue weighted by Crippen LogP contribution is 2.26. The first-order chi connectivity index (χ1) is 15.1. The van der Waals surface area contributed by atoms with Gasteiger partial charge in [0, 0.05) is 54.3 Å². The summed E-state index contributed by atoms with van der Waals surface area (Å²) in [4.78, 5) is 8.60. The summed E-state index contributed by atoms with van der Waals surface area (Å²) in [5.74, 6) is -0.830. The Hall–Kier alpha value is -3.64. The second-order valence-corrected chi connectivity index (χ2v) is 7.47. The number of hydrogen-bond acceptors (Lipinski definition) is 3. The van der Waals surface area contributed by atoms with Gasteiger partial charge >= 0.3 is 0 Å². The van der Waals surface area contributed by atoms with Crippen molar-refractivity contribution in [3.63, 3.8) is 0 Å². The molecule has 31 heavy (non-hydrogen) atoms. The van der Waals surface area contributed by atoms with E-state index in [0.717, 1.165) is 22.2 Å². The molecule has 5 aromatic rings. The monoisotopic (exact) mass is 415 g/mol. The van der Waals surface area contributed by atoms with Crippen molar-refractivity contribution in [2.45, 2.75) is 13.0 Å². The predicted molar refractivity (Wildman–Crippen MR) is 116 cm³/mol. The van der Waals surface area contributed by atoms with E-state index >= 15 is 0 Å². The molecule has 0 radical (unpaired) electrons. The van der Waals surface area contributed by atoms with Crippen molar-refractivity contribution in [2.24, 2.45) is 0 Å². The summed E-state index contributed by atoms with van der Waals surface area (Å²) in [7, 11) is 1.52. The minimum Gasteiger partial charge on any atom is -0.380 e. The van der Waals surface area contributed by atoms with Crippen molar-refractivity contribution in [3.05, 3.63) is 102 Å². The van der Waals surface area contributed by atoms with Crippen LogP contribution in [0.3, 0.4) is 0 Å². The second-order valence-electron chi connectivity index (χ2n) is 7.47. The molecular weight excluding hydrogens is 396 g/mol. The van der Waals surface area contributed by atoms with Gasteiger partial charge < -0.3 is 9.14 Å². The molecule has 3 aromatic heterocycles. The fourth-order valence-electron chi connectivity index (χ4n) is 3.83. The molecule has 2 aromatic carbocycles. The smallest absolute Gasteiger partial charge is 0.173 e. The van der Waals surface area contributed by atoms with Crippen molar-refractivity contribution < 1.29 is 13.5 Å². The largest absolute Gasteiger partial charge is 0.380 e. The molecule has 5 rings (SSSR count). The Morgan fingerprint density at radius 1 is 0.935 bits per heavy atom. The lowest BCUT2D eigenvalue weighted by Crippen LogP contribution is -1.98. The van der Waals surface area contributed by atoms with Gasteiger partial charge in [0.25, 0.3) is 0 Å². The molecule has 0 fully saturated rings. The van der Waals surface area contributed by atoms with E-state index in [1.54, 1.807) is 35.1 Å². The van der Waals surface area contributed by atoms with Crippen LogP contribution >= 0.6 is 0 Å². The fourth-order valence-corrected chi connectivity index (χ4v) is 3.83. The molecule has 4 nitrogen and oxygen atoms in total. The summed E-state index contributed by atoms with van der Waals surface area (Å²) in [6, 6.07) is 16.2. The van der Waals surface area contributed by atoms with Crippen LogP contribution in [0.4, 0.5) is 8.78 Å². The standard InChI is InChI=1S/C25H19F2N3O/c1-31-15-19-6-5-17(11-22(19)26)20-12-23(27)25-29-13-21(30(25)14-20)10-16-4-7-24-18(9-16)3-2-8-28-24/h2-9,11-14H,10,15H2,1H3. The molecule has 154 valence electrons. The number of halogens is 2. The summed E-state index contributed by atoms with van der Waals surface area (Å²) in [5, 5.41) is 1.05. The number of nitrogens with zero attached hydrogens (tertiary/aromatic N) is 3. The summed E-state index contributed by atoms with van der Waals surface area (Å²) in [6.07, 6.45) is 5.82. The number of imidazole rings is 1. The van der Waals surface area contributed by atoms with Gasteiger partial charge in [0.15, 0.2) is 11.5 Å². The Labute approximate surface area is 177 Å². The van der Waals surface area contributed by atoms with Crippen molar-refractivity contribution in [1.82, 2.24) is 14.4 Å². The first kappa shape index (κ1) is 19.3. The lowest BCUT2D eigenvalue weighted by atomic mass is 10.0. The lowest BCUT2D eigenvalue weighted by molar-refractivity contribution is 0.181. The number of aromatic nitrogens is 3. The summed E-state index contributed by atoms with van der Waals surface area (Å²) in [6.45, 7) is 0.187. The SMILES string of the molecule is COCc1ccc(-c2cc(F)c3ncc(Cc4ccc5ncccc5c4)n3c2)cc1F. The minimum absolute atomic E-state index is 0.187. The number of hydrogen-bond donors (Lipinski definition) is 0. The molecule has 0 aliphatic rings. The van der Waals surface area contributed by atoms with Crippen LogP contribution in [0.2, 0.25) is 0 Å². The topological polar surface area (TPSA) is 39.4 Å². The number of methoxy groups -OCH3 is 1. The number of rotatable bonds is 5. The Kier molecular flexibility index (Phi) is 4.92. The van der Waals surface area contributed by atoms with Crippen molar-refractivity contribution in [3.8, 4) is 11.1 Å². The van der Waals surface area contributed by atoms with E-state index in [9.17, 15) is 8.78 Å². The lowest BCUT2D eigenvalue weighted by Gasteiger charge is -2.09. The minimum atomic E-state index is -0.451. The Morgan fingerprint density at radius 3 is 2.65 bits per heavy atom. The Balaban J connectivity index is 1.54. The van der Waals surface area contributed by atoms with E-state index in [0.29, 0.717) is 23.1 Å². The zero-order valence-electron chi connectivity index (χ0n) is 16.8. The second kappa shape index (κ2) is 7.89. The molecule has 0 unspecified atom stereocenters. The van der Waals surface area contributed by atoms with Gasteiger partial charge in [-0.1, -0.05) is 24.3 Å². The maximum atomic E-state index is 14.8. The van der Waals surface area contributed by atoms with E-state index in [1.165, 1.54) is 19.2 Å². The molecule has 0 bridgehead atoms. The molecule has 0 saturated heterocycles. The number of benzene rings is 2. The van der Waals surface area contributed by atoms with Crippen LogP contribution in [0.5, 0.6) is 0 Å². The summed E-state index contributed by atoms with van der Waals surface area (Å²) >= 11 is 0. The fraction of sp³-hybridized carbons (Fsp3) is 0.120. The molecule has 0 spiro atoms. The third-order valence-corrected chi connectivity index (χ3v) is 5.38. The number of ether oxygens (including phenoxy) is 1. The molecular formula is C25H19F2N3O. The van der Waals surface area contributed by atoms with E-state index in [2.05, 4.69) is 16.0 Å². The van der Waals surface area contributed by atoms with E-state index < -0.39 is 5.82 Å². The molecule has 0 aliphatic carbocycles. The van der Waals surface area contributed by atoms with Gasteiger partial charge in [-0.25, -0.2) is 13.8 Å². The van der Waals surface area contributed by atoms with Crippen LogP contribution in [0.15, 0.2) is 73.2 Å². The third kappa shape index (κ3) is 3.66. The molecule has 0 saturated carbocycles. The Bertz CT molecular complexity index is 1410. The molecule has 3 heterocycles. The summed E-state index contributed by atoms with van der Waals surface area (Å²) < 4.78 is 35.9. The highest BCUT2D eigenvalue weighted by molar-refractivity contribution is 5.79. The van der Waals surface area contributed by atoms with Gasteiger partial charge in [0.2, 0.25) is 0 Å². The quantitative estimate of drug-likeness (QED) is 0.377. The predicted octanol–water partition coefficient (Wildman–Crippen LogP) is 5.56. The highest BCUT2D eigenvalue weighted by Gasteiger charge is 2.13. The third-order valence-electron chi connectivity index (χ3n) is 5.38. The van der Waals surface area contributed by atoms with Crippen LogP contribution in [0.25, 0.3) is 27.7 Å². The van der Waals surface area contributed by atoms with Crippen molar-refractivity contribution >= 4 is 16.6 Å². The van der Waals surface area contributed by atoms with E-state index in [1.807, 2.05) is 24.3 Å². The van der Waals surface area contributed by atoms with Crippen LogP contribution in [-0.2, 0) is 17.8 Å². The normalized spacial score (nSPS) is 11.5. The van der Waals surface area contributed by atoms with Gasteiger partial charge in [-0.15, -0.1) is 0 Å². The van der Waals surface area contributed by atoms with E-state index in [4.69, 9.17) is 4.74 Å². The first-order valence-electron chi connectivity index (χ1n) is 9.89. The van der Waals surface area contributed by atoms with Gasteiger partial charge in [-0.05, 0) is 41.5 Å². The van der Waals surface area contributed by atoms with Crippen LogP contribution < -0.4 is 0 Å². The maximum Gasteiger partial charge on any atom is 0.173 e. The summed E-state index contributed by atoms with van der Waals surface area (Å²) in [5.41, 5.74) is 4.72. The average Bonchev–Trinajstić information content (AvgIpc) is 3.18. The van der Waals surface area contributed by atoms with Crippen LogP contribution in [-0.4, -0.2) is 21.5 Å². The zero-order valence-corrected chi connectivity index (χ0v) is 16.8. The van der Waals surface area contributed by atoms with Crippen molar-refractivity contribution in [2.75, 3.05) is 7.11 Å². The van der Waals surface area contributed by atoms with Crippen molar-refractivity contribution in [1.29, 1.82) is 0 Å². The van der Waals surface area contributed by atoms with Crippen LogP contribution in [0.1, 0.15) is 16.8 Å². The average molecular weight is 415 g/mol. The molecule has 0 atom stereocenters. The number of fused-ring (bicyclic) bond motifs is 2. The molecule has 0 amide bonds. The van der Waals surface area contributed by atoms with Crippen LogP contribution in [0, 0.1) is 11.6 Å². The van der Waals surface area contributed by atoms with Gasteiger partial charge in [0.1, 0.15) is 5.82 Å². The molecule has 0 N–H and O–H groups in total. The maximum absolute atomic E-state index is 14.8. The number of pyridine rings is 2. The van der Waals surface area contributed by atoms with Gasteiger partial charge in [-0.3, -0.25) is 4.98 Å². The molecule has 0 aliphatic heterocycles. The van der Waals surface area contributed by atoms with Gasteiger partial charge in [0.05, 0.1) is 12.1 Å². The Morgan fingerprint density at radius 2 is 1.81 bits per heavy atom. The zero-order chi connectivity index (χ0) is 21.4. The first-order valence-corrected chi connectivity index (χ1v) is 9.89. The molecule has 6 heteroatoms. The highest BCUT2D eigenvalue weighted by atomic mass is 19.1.